The number of carboxylic acid groups (broad SMARTS) is 1. The van der Waals surface area contributed by atoms with Gasteiger partial charge in [0.25, 0.3) is 0 Å². The van der Waals surface area contributed by atoms with Crippen molar-refractivity contribution >= 4 is 5.97 Å². The van der Waals surface area contributed by atoms with Crippen LogP contribution in [0.25, 0.3) is 11.1 Å². The normalized spacial score (nSPS) is 14.9. The Hall–Kier alpha value is -2.37. The van der Waals surface area contributed by atoms with Gasteiger partial charge in [-0.3, -0.25) is 4.90 Å². The molecule has 1 aliphatic heterocycles. The molecule has 0 unspecified atom stereocenters. The van der Waals surface area contributed by atoms with Gasteiger partial charge in [-0.05, 0) is 42.6 Å². The van der Waals surface area contributed by atoms with Gasteiger partial charge in [-0.15, -0.1) is 0 Å². The maximum atomic E-state index is 11.5. The van der Waals surface area contributed by atoms with Crippen LogP contribution in [-0.4, -0.2) is 55.4 Å². The third-order valence-corrected chi connectivity index (χ3v) is 4.55. The van der Waals surface area contributed by atoms with Crippen LogP contribution in [0, 0.1) is 0 Å². The summed E-state index contributed by atoms with van der Waals surface area (Å²) in [5, 5.41) is 9.40. The number of hydrogen-bond acceptors (Lipinski definition) is 4. The van der Waals surface area contributed by atoms with Crippen molar-refractivity contribution in [2.24, 2.45) is 0 Å². The smallest absolute Gasteiger partial charge is 0.339 e. The van der Waals surface area contributed by atoms with E-state index in [0.717, 1.165) is 56.8 Å². The largest absolute Gasteiger partial charge is 0.493 e. The number of ether oxygens (including phenoxy) is 2. The summed E-state index contributed by atoms with van der Waals surface area (Å²) < 4.78 is 11.2. The number of aromatic carboxylic acids is 1. The summed E-state index contributed by atoms with van der Waals surface area (Å²) in [6.07, 6.45) is 1.92. The molecule has 138 valence electrons. The van der Waals surface area contributed by atoms with E-state index in [4.69, 9.17) is 9.47 Å². The van der Waals surface area contributed by atoms with Gasteiger partial charge in [0.15, 0.2) is 0 Å². The highest BCUT2D eigenvalue weighted by Crippen LogP contribution is 2.27. The molecule has 1 aliphatic rings. The minimum atomic E-state index is -0.965. The lowest BCUT2D eigenvalue weighted by atomic mass is 10.0. The predicted octanol–water partition coefficient (Wildman–Crippen LogP) is 3.54. The van der Waals surface area contributed by atoms with Gasteiger partial charge in [0.1, 0.15) is 11.3 Å². The van der Waals surface area contributed by atoms with E-state index >= 15 is 0 Å². The zero-order valence-electron chi connectivity index (χ0n) is 14.9. The van der Waals surface area contributed by atoms with Crippen molar-refractivity contribution in [1.29, 1.82) is 0 Å². The topological polar surface area (TPSA) is 59.0 Å². The van der Waals surface area contributed by atoms with E-state index in [1.54, 1.807) is 6.07 Å². The first kappa shape index (κ1) is 18.4. The van der Waals surface area contributed by atoms with Crippen LogP contribution in [0.3, 0.4) is 0 Å². The Bertz CT molecular complexity index is 711. The summed E-state index contributed by atoms with van der Waals surface area (Å²) in [5.74, 6) is -0.529. The summed E-state index contributed by atoms with van der Waals surface area (Å²) in [6, 6.07) is 15.2. The van der Waals surface area contributed by atoms with Gasteiger partial charge in [-0.2, -0.15) is 0 Å². The first-order valence-corrected chi connectivity index (χ1v) is 9.10. The molecule has 1 fully saturated rings. The molecule has 0 amide bonds. The van der Waals surface area contributed by atoms with Crippen LogP contribution in [-0.2, 0) is 4.74 Å². The molecule has 1 N–H and O–H groups in total. The fraction of sp³-hybridized carbons (Fsp3) is 0.381. The highest BCUT2D eigenvalue weighted by Gasteiger charge is 2.13. The predicted molar refractivity (Wildman–Crippen MR) is 101 cm³/mol. The van der Waals surface area contributed by atoms with E-state index in [1.165, 1.54) is 0 Å². The highest BCUT2D eigenvalue weighted by atomic mass is 16.5. The molecule has 2 aromatic rings. The second kappa shape index (κ2) is 9.36. The van der Waals surface area contributed by atoms with E-state index in [-0.39, 0.29) is 5.56 Å². The summed E-state index contributed by atoms with van der Waals surface area (Å²) in [5.41, 5.74) is 2.21. The summed E-state index contributed by atoms with van der Waals surface area (Å²) in [6.45, 7) is 5.15. The Morgan fingerprint density at radius 1 is 1.04 bits per heavy atom. The Morgan fingerprint density at radius 3 is 2.54 bits per heavy atom. The molecule has 0 saturated carbocycles. The van der Waals surface area contributed by atoms with Gasteiger partial charge in [0.05, 0.1) is 19.8 Å². The number of rotatable bonds is 8. The van der Waals surface area contributed by atoms with Crippen molar-refractivity contribution in [2.75, 3.05) is 39.5 Å². The maximum absolute atomic E-state index is 11.5. The molecular formula is C21H25NO4. The van der Waals surface area contributed by atoms with Gasteiger partial charge in [0, 0.05) is 13.1 Å². The van der Waals surface area contributed by atoms with Gasteiger partial charge in [0.2, 0.25) is 0 Å². The second-order valence-electron chi connectivity index (χ2n) is 6.39. The Kier molecular flexibility index (Phi) is 6.63. The molecule has 0 atom stereocenters. The lowest BCUT2D eigenvalue weighted by Gasteiger charge is -2.26. The van der Waals surface area contributed by atoms with Gasteiger partial charge in [-0.25, -0.2) is 4.79 Å². The van der Waals surface area contributed by atoms with Crippen LogP contribution >= 0.6 is 0 Å². The molecule has 3 rings (SSSR count). The molecule has 5 heteroatoms. The fourth-order valence-electron chi connectivity index (χ4n) is 3.07. The SMILES string of the molecule is O=C(O)c1ccc(-c2ccccc2)cc1OCCCCN1CCOCC1. The van der Waals surface area contributed by atoms with Gasteiger partial charge in [-0.1, -0.05) is 36.4 Å². The molecule has 0 spiro atoms. The average molecular weight is 355 g/mol. The first-order chi connectivity index (χ1) is 12.7. The number of nitrogens with zero attached hydrogens (tertiary/aromatic N) is 1. The lowest BCUT2D eigenvalue weighted by molar-refractivity contribution is 0.0368. The third-order valence-electron chi connectivity index (χ3n) is 4.55. The second-order valence-corrected chi connectivity index (χ2v) is 6.39. The molecule has 0 radical (unpaired) electrons. The summed E-state index contributed by atoms with van der Waals surface area (Å²) in [4.78, 5) is 13.9. The van der Waals surface area contributed by atoms with Crippen molar-refractivity contribution in [1.82, 2.24) is 4.90 Å². The van der Waals surface area contributed by atoms with Crippen molar-refractivity contribution in [3.05, 3.63) is 54.1 Å². The van der Waals surface area contributed by atoms with E-state index < -0.39 is 5.97 Å². The minimum absolute atomic E-state index is 0.206. The molecule has 1 heterocycles. The van der Waals surface area contributed by atoms with Crippen molar-refractivity contribution in [3.63, 3.8) is 0 Å². The quantitative estimate of drug-likeness (QED) is 0.734. The van der Waals surface area contributed by atoms with E-state index in [1.807, 2.05) is 42.5 Å². The molecule has 0 aliphatic carbocycles. The Labute approximate surface area is 154 Å². The lowest BCUT2D eigenvalue weighted by Crippen LogP contribution is -2.36. The van der Waals surface area contributed by atoms with Crippen LogP contribution in [0.2, 0.25) is 0 Å². The average Bonchev–Trinajstić information content (AvgIpc) is 2.69. The molecule has 0 aromatic heterocycles. The minimum Gasteiger partial charge on any atom is -0.493 e. The third kappa shape index (κ3) is 5.07. The molecule has 26 heavy (non-hydrogen) atoms. The van der Waals surface area contributed by atoms with E-state index in [2.05, 4.69) is 4.90 Å². The van der Waals surface area contributed by atoms with E-state index in [0.29, 0.717) is 12.4 Å². The van der Waals surface area contributed by atoms with Crippen molar-refractivity contribution in [2.45, 2.75) is 12.8 Å². The first-order valence-electron chi connectivity index (χ1n) is 9.10. The van der Waals surface area contributed by atoms with E-state index in [9.17, 15) is 9.90 Å². The summed E-state index contributed by atoms with van der Waals surface area (Å²) in [7, 11) is 0. The highest BCUT2D eigenvalue weighted by molar-refractivity contribution is 5.92. The van der Waals surface area contributed by atoms with Crippen LogP contribution < -0.4 is 4.74 Å². The molecule has 1 saturated heterocycles. The standard InChI is InChI=1S/C21H25NO4/c23-21(24)19-9-8-18(17-6-2-1-3-7-17)16-20(19)26-13-5-4-10-22-11-14-25-15-12-22/h1-3,6-9,16H,4-5,10-15H2,(H,23,24). The van der Waals surface area contributed by atoms with Crippen LogP contribution in [0.5, 0.6) is 5.75 Å². The van der Waals surface area contributed by atoms with Crippen LogP contribution in [0.4, 0.5) is 0 Å². The van der Waals surface area contributed by atoms with Crippen LogP contribution in [0.1, 0.15) is 23.2 Å². The summed E-state index contributed by atoms with van der Waals surface area (Å²) >= 11 is 0. The molecule has 5 nitrogen and oxygen atoms in total. The number of unbranched alkanes of at least 4 members (excludes halogenated alkanes) is 1. The molecular weight excluding hydrogens is 330 g/mol. The van der Waals surface area contributed by atoms with Crippen molar-refractivity contribution < 1.29 is 19.4 Å². The molecule has 0 bridgehead atoms. The number of hydrogen-bond donors (Lipinski definition) is 1. The van der Waals surface area contributed by atoms with Crippen molar-refractivity contribution in [3.8, 4) is 16.9 Å². The fourth-order valence-corrected chi connectivity index (χ4v) is 3.07. The number of morpholine rings is 1. The molecule has 2 aromatic carbocycles. The zero-order chi connectivity index (χ0) is 18.2. The number of carbonyl (C=O) groups is 1. The monoisotopic (exact) mass is 355 g/mol. The Morgan fingerprint density at radius 2 is 1.81 bits per heavy atom. The Balaban J connectivity index is 1.57. The van der Waals surface area contributed by atoms with Gasteiger partial charge < -0.3 is 14.6 Å². The zero-order valence-corrected chi connectivity index (χ0v) is 14.9. The van der Waals surface area contributed by atoms with Gasteiger partial charge >= 0.3 is 5.97 Å². The van der Waals surface area contributed by atoms with Crippen LogP contribution in [0.15, 0.2) is 48.5 Å². The number of benzene rings is 2. The number of carboxylic acids is 1. The maximum Gasteiger partial charge on any atom is 0.339 e.